The largest absolute Gasteiger partial charge is 0.497 e. The van der Waals surface area contributed by atoms with E-state index in [-0.39, 0.29) is 22.2 Å². The van der Waals surface area contributed by atoms with Gasteiger partial charge in [0.1, 0.15) is 18.1 Å². The molecule has 1 saturated heterocycles. The van der Waals surface area contributed by atoms with Gasteiger partial charge in [-0.1, -0.05) is 24.3 Å². The molecule has 3 aromatic carbocycles. The molecule has 1 aliphatic rings. The van der Waals surface area contributed by atoms with Crippen molar-refractivity contribution in [2.45, 2.75) is 17.7 Å². The van der Waals surface area contributed by atoms with Crippen LogP contribution >= 0.6 is 0 Å². The van der Waals surface area contributed by atoms with Gasteiger partial charge in [0, 0.05) is 13.1 Å². The van der Waals surface area contributed by atoms with Gasteiger partial charge in [-0.3, -0.25) is 13.9 Å². The van der Waals surface area contributed by atoms with Crippen molar-refractivity contribution in [1.82, 2.24) is 4.90 Å². The minimum absolute atomic E-state index is 0.135. The van der Waals surface area contributed by atoms with Gasteiger partial charge in [0.2, 0.25) is 5.91 Å². The number of rotatable bonds is 8. The predicted molar refractivity (Wildman–Crippen MR) is 134 cm³/mol. The second-order valence-electron chi connectivity index (χ2n) is 8.23. The summed E-state index contributed by atoms with van der Waals surface area (Å²) in [4.78, 5) is 27.6. The number of anilines is 2. The molecule has 0 atom stereocenters. The maximum atomic E-state index is 14.7. The number of nitrogens with zero attached hydrogens (tertiary/aromatic N) is 2. The summed E-state index contributed by atoms with van der Waals surface area (Å²) < 4.78 is 47.5. The zero-order valence-electron chi connectivity index (χ0n) is 19.7. The van der Waals surface area contributed by atoms with Crippen LogP contribution in [0.2, 0.25) is 0 Å². The van der Waals surface area contributed by atoms with Crippen molar-refractivity contribution in [3.05, 3.63) is 84.2 Å². The molecule has 36 heavy (non-hydrogen) atoms. The van der Waals surface area contributed by atoms with Crippen molar-refractivity contribution in [1.29, 1.82) is 0 Å². The molecule has 0 radical (unpaired) electrons. The lowest BCUT2D eigenvalue weighted by atomic mass is 10.1. The normalized spacial score (nSPS) is 13.3. The van der Waals surface area contributed by atoms with Crippen LogP contribution in [0.5, 0.6) is 5.75 Å². The Kier molecular flexibility index (Phi) is 7.54. The Morgan fingerprint density at radius 2 is 1.61 bits per heavy atom. The Morgan fingerprint density at radius 1 is 0.972 bits per heavy atom. The lowest BCUT2D eigenvalue weighted by Gasteiger charge is -2.25. The van der Waals surface area contributed by atoms with E-state index in [0.29, 0.717) is 28.7 Å². The second kappa shape index (κ2) is 10.8. The highest BCUT2D eigenvalue weighted by Crippen LogP contribution is 2.28. The van der Waals surface area contributed by atoms with Gasteiger partial charge in [-0.2, -0.15) is 0 Å². The van der Waals surface area contributed by atoms with Crippen molar-refractivity contribution in [2.24, 2.45) is 0 Å². The number of methoxy groups -OCH3 is 1. The van der Waals surface area contributed by atoms with E-state index >= 15 is 0 Å². The number of hydrogen-bond acceptors (Lipinski definition) is 5. The summed E-state index contributed by atoms with van der Waals surface area (Å²) in [5.41, 5.74) is 0.294. The fourth-order valence-electron chi connectivity index (χ4n) is 4.02. The number of carbonyl (C=O) groups excluding carboxylic acids is 2. The van der Waals surface area contributed by atoms with Crippen molar-refractivity contribution < 1.29 is 27.1 Å². The van der Waals surface area contributed by atoms with Crippen LogP contribution in [0, 0.1) is 5.82 Å². The van der Waals surface area contributed by atoms with Crippen molar-refractivity contribution in [3.63, 3.8) is 0 Å². The Labute approximate surface area is 209 Å². The number of nitrogens with one attached hydrogen (secondary N) is 1. The average molecular weight is 512 g/mol. The number of hydrogen-bond donors (Lipinski definition) is 1. The average Bonchev–Trinajstić information content (AvgIpc) is 3.43. The van der Waals surface area contributed by atoms with Gasteiger partial charge < -0.3 is 15.0 Å². The van der Waals surface area contributed by atoms with Crippen LogP contribution in [0.1, 0.15) is 23.2 Å². The number of benzene rings is 3. The molecule has 4 rings (SSSR count). The highest BCUT2D eigenvalue weighted by Gasteiger charge is 2.30. The van der Waals surface area contributed by atoms with Gasteiger partial charge in [0.05, 0.1) is 28.9 Å². The molecule has 10 heteroatoms. The molecule has 8 nitrogen and oxygen atoms in total. The standard InChI is InChI=1S/C26H26FN3O5S/c1-35-19-12-14-20(15-13-19)36(33,34)30(24-11-5-3-9-22(24)27)18-25(31)28-23-10-4-2-8-21(23)26(32)29-16-6-7-17-29/h2-5,8-15H,6-7,16-18H2,1H3,(H,28,31). The van der Waals surface area contributed by atoms with E-state index in [9.17, 15) is 22.4 Å². The van der Waals surface area contributed by atoms with E-state index in [4.69, 9.17) is 4.74 Å². The summed E-state index contributed by atoms with van der Waals surface area (Å²) in [6.45, 7) is 0.575. The minimum atomic E-state index is -4.33. The molecule has 1 fully saturated rings. The van der Waals surface area contributed by atoms with E-state index in [0.717, 1.165) is 18.9 Å². The van der Waals surface area contributed by atoms with E-state index < -0.39 is 28.3 Å². The molecule has 1 heterocycles. The molecule has 2 amide bonds. The number of para-hydroxylation sites is 2. The zero-order valence-corrected chi connectivity index (χ0v) is 20.5. The van der Waals surface area contributed by atoms with Crippen LogP contribution in [0.25, 0.3) is 0 Å². The predicted octanol–water partition coefficient (Wildman–Crippen LogP) is 3.90. The van der Waals surface area contributed by atoms with Crippen LogP contribution in [-0.2, 0) is 14.8 Å². The Hall–Kier alpha value is -3.92. The monoisotopic (exact) mass is 511 g/mol. The number of carbonyl (C=O) groups is 2. The second-order valence-corrected chi connectivity index (χ2v) is 10.1. The first-order chi connectivity index (χ1) is 17.3. The number of ether oxygens (including phenoxy) is 1. The van der Waals surface area contributed by atoms with Crippen LogP contribution in [-0.4, -0.2) is 51.9 Å². The van der Waals surface area contributed by atoms with Gasteiger partial charge in [-0.05, 0) is 61.4 Å². The smallest absolute Gasteiger partial charge is 0.264 e. The SMILES string of the molecule is COc1ccc(S(=O)(=O)N(CC(=O)Nc2ccccc2C(=O)N2CCCC2)c2ccccc2F)cc1. The van der Waals surface area contributed by atoms with Crippen molar-refractivity contribution in [3.8, 4) is 5.75 Å². The molecular formula is C26H26FN3O5S. The fourth-order valence-corrected chi connectivity index (χ4v) is 5.45. The third kappa shape index (κ3) is 5.33. The first-order valence-corrected chi connectivity index (χ1v) is 12.8. The molecule has 0 bridgehead atoms. The van der Waals surface area contributed by atoms with Crippen LogP contribution in [0.3, 0.4) is 0 Å². The summed E-state index contributed by atoms with van der Waals surface area (Å²) in [5.74, 6) is -1.28. The molecule has 188 valence electrons. The summed E-state index contributed by atoms with van der Waals surface area (Å²) in [7, 11) is -2.88. The molecule has 0 aromatic heterocycles. The Bertz CT molecular complexity index is 1360. The van der Waals surface area contributed by atoms with Gasteiger partial charge in [-0.15, -0.1) is 0 Å². The van der Waals surface area contributed by atoms with E-state index in [2.05, 4.69) is 5.32 Å². The molecule has 0 aliphatic carbocycles. The van der Waals surface area contributed by atoms with E-state index in [1.165, 1.54) is 49.6 Å². The maximum Gasteiger partial charge on any atom is 0.264 e. The first kappa shape index (κ1) is 25.2. The highest BCUT2D eigenvalue weighted by atomic mass is 32.2. The minimum Gasteiger partial charge on any atom is -0.497 e. The van der Waals surface area contributed by atoms with Gasteiger partial charge in [0.25, 0.3) is 15.9 Å². The van der Waals surface area contributed by atoms with Gasteiger partial charge in [0.15, 0.2) is 0 Å². The third-order valence-electron chi connectivity index (χ3n) is 5.88. The third-order valence-corrected chi connectivity index (χ3v) is 7.65. The van der Waals surface area contributed by atoms with Crippen LogP contribution < -0.4 is 14.4 Å². The summed E-state index contributed by atoms with van der Waals surface area (Å²) >= 11 is 0. The fraction of sp³-hybridized carbons (Fsp3) is 0.231. The number of halogens is 1. The van der Waals surface area contributed by atoms with E-state index in [1.54, 1.807) is 29.2 Å². The highest BCUT2D eigenvalue weighted by molar-refractivity contribution is 7.92. The lowest BCUT2D eigenvalue weighted by Crippen LogP contribution is -2.39. The molecule has 0 spiro atoms. The lowest BCUT2D eigenvalue weighted by molar-refractivity contribution is -0.114. The molecule has 0 unspecified atom stereocenters. The number of sulfonamides is 1. The van der Waals surface area contributed by atoms with Crippen LogP contribution in [0.15, 0.2) is 77.7 Å². The Balaban J connectivity index is 1.63. The Morgan fingerprint density at radius 3 is 2.28 bits per heavy atom. The number of amides is 2. The van der Waals surface area contributed by atoms with Crippen molar-refractivity contribution >= 4 is 33.2 Å². The molecular weight excluding hydrogens is 485 g/mol. The van der Waals surface area contributed by atoms with E-state index in [1.807, 2.05) is 0 Å². The maximum absolute atomic E-state index is 14.7. The molecule has 1 aliphatic heterocycles. The zero-order chi connectivity index (χ0) is 25.7. The summed E-state index contributed by atoms with van der Waals surface area (Å²) in [6.07, 6.45) is 1.84. The van der Waals surface area contributed by atoms with Gasteiger partial charge in [-0.25, -0.2) is 12.8 Å². The quantitative estimate of drug-likeness (QED) is 0.495. The molecule has 3 aromatic rings. The van der Waals surface area contributed by atoms with Crippen LogP contribution in [0.4, 0.5) is 15.8 Å². The summed E-state index contributed by atoms with van der Waals surface area (Å²) in [5, 5.41) is 2.64. The topological polar surface area (TPSA) is 96.0 Å². The van der Waals surface area contributed by atoms with Gasteiger partial charge >= 0.3 is 0 Å². The molecule has 1 N–H and O–H groups in total. The van der Waals surface area contributed by atoms with Crippen molar-refractivity contribution in [2.75, 3.05) is 36.4 Å². The number of likely N-dealkylation sites (tertiary alicyclic amines) is 1. The summed E-state index contributed by atoms with van der Waals surface area (Å²) in [6, 6.07) is 17.4. The molecule has 0 saturated carbocycles. The first-order valence-electron chi connectivity index (χ1n) is 11.4.